The Morgan fingerprint density at radius 2 is 2.00 bits per heavy atom. The van der Waals surface area contributed by atoms with Gasteiger partial charge in [0.2, 0.25) is 0 Å². The van der Waals surface area contributed by atoms with E-state index >= 15 is 0 Å². The highest BCUT2D eigenvalue weighted by Crippen LogP contribution is 2.19. The molecule has 1 heterocycles. The van der Waals surface area contributed by atoms with E-state index in [1.807, 2.05) is 0 Å². The molecule has 4 heteroatoms. The van der Waals surface area contributed by atoms with E-state index in [1.54, 1.807) is 0 Å². The number of aromatic nitrogens is 2. The first-order valence-electron chi connectivity index (χ1n) is 7.03. The zero-order chi connectivity index (χ0) is 13.0. The van der Waals surface area contributed by atoms with Gasteiger partial charge in [-0.2, -0.15) is 5.10 Å². The Bertz CT molecular complexity index is 355. The lowest BCUT2D eigenvalue weighted by Gasteiger charge is -2.26. The van der Waals surface area contributed by atoms with Gasteiger partial charge in [-0.3, -0.25) is 0 Å². The molecule has 1 aromatic heterocycles. The van der Waals surface area contributed by atoms with Crippen molar-refractivity contribution in [3.05, 3.63) is 17.8 Å². The molecule has 1 aliphatic carbocycles. The Morgan fingerprint density at radius 3 is 2.50 bits per heavy atom. The van der Waals surface area contributed by atoms with Gasteiger partial charge in [0.15, 0.2) is 5.82 Å². The molecule has 1 fully saturated rings. The van der Waals surface area contributed by atoms with Crippen molar-refractivity contribution in [3.8, 4) is 0 Å². The van der Waals surface area contributed by atoms with Crippen molar-refractivity contribution in [1.82, 2.24) is 15.5 Å². The third-order valence-electron chi connectivity index (χ3n) is 3.71. The van der Waals surface area contributed by atoms with Crippen LogP contribution >= 0.6 is 0 Å². The minimum absolute atomic E-state index is 0.551. The van der Waals surface area contributed by atoms with E-state index in [2.05, 4.69) is 53.4 Å². The quantitative estimate of drug-likeness (QED) is 0.804. The summed E-state index contributed by atoms with van der Waals surface area (Å²) in [6.45, 7) is 5.27. The molecule has 0 unspecified atom stereocenters. The Hall–Kier alpha value is -1.16. The molecule has 1 aliphatic rings. The van der Waals surface area contributed by atoms with E-state index in [0.29, 0.717) is 6.04 Å². The van der Waals surface area contributed by atoms with Crippen LogP contribution in [0.25, 0.3) is 0 Å². The summed E-state index contributed by atoms with van der Waals surface area (Å²) in [7, 11) is 2.10. The topological polar surface area (TPSA) is 41.0 Å². The summed E-state index contributed by atoms with van der Waals surface area (Å²) in [4.78, 5) is 2.23. The predicted octanol–water partition coefficient (Wildman–Crippen LogP) is 2.35. The van der Waals surface area contributed by atoms with Gasteiger partial charge in [0.25, 0.3) is 0 Å². The summed E-state index contributed by atoms with van der Waals surface area (Å²) in [5.41, 5.74) is 1.03. The molecule has 0 bridgehead atoms. The number of anilines is 1. The van der Waals surface area contributed by atoms with Crippen molar-refractivity contribution < 1.29 is 0 Å². The van der Waals surface area contributed by atoms with Gasteiger partial charge in [0.1, 0.15) is 0 Å². The van der Waals surface area contributed by atoms with E-state index in [1.165, 1.54) is 12.8 Å². The van der Waals surface area contributed by atoms with Crippen molar-refractivity contribution >= 4 is 5.82 Å². The van der Waals surface area contributed by atoms with E-state index in [4.69, 9.17) is 0 Å². The third kappa shape index (κ3) is 3.42. The second kappa shape index (κ2) is 6.14. The monoisotopic (exact) mass is 248 g/mol. The standard InChI is InChI=1S/C14H24N4/c1-4-13(5-2)18(3)14-9-8-12(16-17-14)10-15-11-6-7-11/h8-9,11,13,15H,4-7,10H2,1-3H3. The first-order valence-corrected chi connectivity index (χ1v) is 7.03. The maximum atomic E-state index is 4.33. The molecule has 0 aromatic carbocycles. The fourth-order valence-electron chi connectivity index (χ4n) is 2.20. The van der Waals surface area contributed by atoms with Gasteiger partial charge in [-0.25, -0.2) is 0 Å². The van der Waals surface area contributed by atoms with E-state index in [0.717, 1.165) is 36.9 Å². The summed E-state index contributed by atoms with van der Waals surface area (Å²) < 4.78 is 0. The average Bonchev–Trinajstić information content (AvgIpc) is 3.22. The van der Waals surface area contributed by atoms with Crippen LogP contribution in [0.1, 0.15) is 45.2 Å². The lowest BCUT2D eigenvalue weighted by molar-refractivity contribution is 0.582. The first kappa shape index (κ1) is 13.3. The van der Waals surface area contributed by atoms with Gasteiger partial charge in [-0.15, -0.1) is 5.10 Å². The predicted molar refractivity (Wildman–Crippen MR) is 74.7 cm³/mol. The molecule has 0 atom stereocenters. The Labute approximate surface area is 110 Å². The van der Waals surface area contributed by atoms with Crippen LogP contribution in [0.3, 0.4) is 0 Å². The van der Waals surface area contributed by atoms with Gasteiger partial charge in [-0.1, -0.05) is 13.8 Å². The number of rotatable bonds is 7. The second-order valence-electron chi connectivity index (χ2n) is 5.12. The summed E-state index contributed by atoms with van der Waals surface area (Å²) >= 11 is 0. The molecule has 1 saturated carbocycles. The van der Waals surface area contributed by atoms with Gasteiger partial charge >= 0.3 is 0 Å². The number of nitrogens with zero attached hydrogens (tertiary/aromatic N) is 3. The zero-order valence-corrected chi connectivity index (χ0v) is 11.7. The lowest BCUT2D eigenvalue weighted by Crippen LogP contribution is -2.31. The molecule has 1 aromatic rings. The number of nitrogens with one attached hydrogen (secondary N) is 1. The van der Waals surface area contributed by atoms with Gasteiger partial charge < -0.3 is 10.2 Å². The van der Waals surface area contributed by atoms with Gasteiger partial charge in [0, 0.05) is 25.7 Å². The maximum Gasteiger partial charge on any atom is 0.151 e. The van der Waals surface area contributed by atoms with Crippen molar-refractivity contribution in [1.29, 1.82) is 0 Å². The normalized spacial score (nSPS) is 15.1. The largest absolute Gasteiger partial charge is 0.355 e. The van der Waals surface area contributed by atoms with Gasteiger partial charge in [-0.05, 0) is 37.8 Å². The minimum Gasteiger partial charge on any atom is -0.355 e. The Balaban J connectivity index is 1.92. The molecule has 0 amide bonds. The van der Waals surface area contributed by atoms with Crippen LogP contribution < -0.4 is 10.2 Å². The van der Waals surface area contributed by atoms with E-state index in [-0.39, 0.29) is 0 Å². The molecular formula is C14H24N4. The molecule has 18 heavy (non-hydrogen) atoms. The van der Waals surface area contributed by atoms with Crippen molar-refractivity contribution in [2.45, 2.75) is 58.2 Å². The Morgan fingerprint density at radius 1 is 1.28 bits per heavy atom. The van der Waals surface area contributed by atoms with Crippen LogP contribution in [0.4, 0.5) is 5.82 Å². The first-order chi connectivity index (χ1) is 8.74. The summed E-state index contributed by atoms with van der Waals surface area (Å²) in [5, 5.41) is 12.1. The van der Waals surface area contributed by atoms with Crippen LogP contribution in [0.2, 0.25) is 0 Å². The number of hydrogen-bond donors (Lipinski definition) is 1. The molecule has 0 aliphatic heterocycles. The van der Waals surface area contributed by atoms with Crippen LogP contribution in [0.15, 0.2) is 12.1 Å². The molecule has 100 valence electrons. The van der Waals surface area contributed by atoms with E-state index < -0.39 is 0 Å². The van der Waals surface area contributed by atoms with Crippen molar-refractivity contribution in [2.75, 3.05) is 11.9 Å². The van der Waals surface area contributed by atoms with Crippen LogP contribution in [-0.2, 0) is 6.54 Å². The average molecular weight is 248 g/mol. The van der Waals surface area contributed by atoms with Crippen LogP contribution in [0, 0.1) is 0 Å². The maximum absolute atomic E-state index is 4.33. The summed E-state index contributed by atoms with van der Waals surface area (Å²) in [6.07, 6.45) is 4.89. The SMILES string of the molecule is CCC(CC)N(C)c1ccc(CNC2CC2)nn1. The van der Waals surface area contributed by atoms with E-state index in [9.17, 15) is 0 Å². The fraction of sp³-hybridized carbons (Fsp3) is 0.714. The molecule has 0 saturated heterocycles. The highest BCUT2D eigenvalue weighted by molar-refractivity contribution is 5.37. The fourth-order valence-corrected chi connectivity index (χ4v) is 2.20. The second-order valence-corrected chi connectivity index (χ2v) is 5.12. The third-order valence-corrected chi connectivity index (χ3v) is 3.71. The zero-order valence-electron chi connectivity index (χ0n) is 11.7. The van der Waals surface area contributed by atoms with Crippen LogP contribution in [-0.4, -0.2) is 29.3 Å². The highest BCUT2D eigenvalue weighted by atomic mass is 15.3. The molecule has 0 radical (unpaired) electrons. The molecular weight excluding hydrogens is 224 g/mol. The minimum atomic E-state index is 0.551. The highest BCUT2D eigenvalue weighted by Gasteiger charge is 2.20. The smallest absolute Gasteiger partial charge is 0.151 e. The lowest BCUT2D eigenvalue weighted by atomic mass is 10.1. The van der Waals surface area contributed by atoms with Crippen molar-refractivity contribution in [3.63, 3.8) is 0 Å². The molecule has 4 nitrogen and oxygen atoms in total. The molecule has 1 N–H and O–H groups in total. The van der Waals surface area contributed by atoms with Crippen molar-refractivity contribution in [2.24, 2.45) is 0 Å². The summed E-state index contributed by atoms with van der Waals surface area (Å²) in [6, 6.07) is 5.43. The Kier molecular flexibility index (Phi) is 4.53. The molecule has 0 spiro atoms. The summed E-state index contributed by atoms with van der Waals surface area (Å²) in [5.74, 6) is 0.971. The molecule has 2 rings (SSSR count). The van der Waals surface area contributed by atoms with Gasteiger partial charge in [0.05, 0.1) is 5.69 Å². The number of hydrogen-bond acceptors (Lipinski definition) is 4. The van der Waals surface area contributed by atoms with Crippen LogP contribution in [0.5, 0.6) is 0 Å².